The fourth-order valence-electron chi connectivity index (χ4n) is 2.43. The quantitative estimate of drug-likeness (QED) is 0.723. The van der Waals surface area contributed by atoms with E-state index in [1.165, 1.54) is 49.7 Å². The van der Waals surface area contributed by atoms with Crippen LogP contribution in [0, 0.1) is 0 Å². The summed E-state index contributed by atoms with van der Waals surface area (Å²) in [4.78, 5) is 0. The second-order valence-electron chi connectivity index (χ2n) is 4.79. The van der Waals surface area contributed by atoms with Crippen LogP contribution in [-0.4, -0.2) is 6.10 Å². The van der Waals surface area contributed by atoms with Crippen LogP contribution in [0.15, 0.2) is 24.3 Å². The molecule has 0 spiro atoms. The van der Waals surface area contributed by atoms with Gasteiger partial charge in [-0.2, -0.15) is 0 Å². The van der Waals surface area contributed by atoms with E-state index in [4.69, 9.17) is 4.74 Å². The molecule has 1 aromatic carbocycles. The van der Waals surface area contributed by atoms with Crippen LogP contribution in [0.5, 0.6) is 0 Å². The summed E-state index contributed by atoms with van der Waals surface area (Å²) in [5, 5.41) is 0. The first-order valence-electron chi connectivity index (χ1n) is 6.58. The molecule has 16 heavy (non-hydrogen) atoms. The molecule has 0 aromatic heterocycles. The summed E-state index contributed by atoms with van der Waals surface area (Å²) in [6.07, 6.45) is 8.13. The zero-order valence-electron chi connectivity index (χ0n) is 10.2. The van der Waals surface area contributed by atoms with E-state index in [0.717, 1.165) is 6.61 Å². The van der Waals surface area contributed by atoms with Crippen LogP contribution in [0.1, 0.15) is 50.2 Å². The van der Waals surface area contributed by atoms with Gasteiger partial charge in [0.2, 0.25) is 0 Å². The van der Waals surface area contributed by atoms with Crippen molar-refractivity contribution in [2.24, 2.45) is 0 Å². The van der Waals surface area contributed by atoms with Crippen LogP contribution >= 0.6 is 0 Å². The molecule has 1 saturated carbocycles. The molecule has 0 radical (unpaired) electrons. The first kappa shape index (κ1) is 11.7. The van der Waals surface area contributed by atoms with Gasteiger partial charge in [0.05, 0.1) is 12.7 Å². The number of rotatable bonds is 5. The van der Waals surface area contributed by atoms with E-state index in [0.29, 0.717) is 6.10 Å². The topological polar surface area (TPSA) is 9.23 Å². The van der Waals surface area contributed by atoms with Gasteiger partial charge in [0.15, 0.2) is 0 Å². The molecule has 0 bridgehead atoms. The standard InChI is InChI=1S/C15H22O/c1-2-6-13-7-5-8-14(11-13)12-16-15-9-3-4-10-15/h5,7-8,11,15H,2-4,6,9-10,12H2,1H3. The summed E-state index contributed by atoms with van der Waals surface area (Å²) in [5.74, 6) is 0. The van der Waals surface area contributed by atoms with E-state index in [9.17, 15) is 0 Å². The third-order valence-corrected chi connectivity index (χ3v) is 3.32. The van der Waals surface area contributed by atoms with E-state index in [1.807, 2.05) is 0 Å². The Kier molecular flexibility index (Phi) is 4.41. The molecule has 1 nitrogen and oxygen atoms in total. The summed E-state index contributed by atoms with van der Waals surface area (Å²) in [6.45, 7) is 3.02. The molecular formula is C15H22O. The maximum atomic E-state index is 5.92. The predicted molar refractivity (Wildman–Crippen MR) is 67.5 cm³/mol. The molecule has 0 aliphatic heterocycles. The van der Waals surface area contributed by atoms with Gasteiger partial charge in [0.1, 0.15) is 0 Å². The monoisotopic (exact) mass is 218 g/mol. The second kappa shape index (κ2) is 6.05. The molecule has 2 rings (SSSR count). The van der Waals surface area contributed by atoms with Gasteiger partial charge in [0, 0.05) is 0 Å². The Labute approximate surface area is 98.8 Å². The van der Waals surface area contributed by atoms with Crippen LogP contribution in [0.3, 0.4) is 0 Å². The number of aryl methyl sites for hydroxylation is 1. The van der Waals surface area contributed by atoms with Crippen molar-refractivity contribution in [3.05, 3.63) is 35.4 Å². The Balaban J connectivity index is 1.85. The smallest absolute Gasteiger partial charge is 0.0720 e. The average Bonchev–Trinajstić information content (AvgIpc) is 2.80. The second-order valence-corrected chi connectivity index (χ2v) is 4.79. The van der Waals surface area contributed by atoms with Gasteiger partial charge in [-0.3, -0.25) is 0 Å². The molecule has 1 aliphatic carbocycles. The minimum absolute atomic E-state index is 0.523. The predicted octanol–water partition coefficient (Wildman–Crippen LogP) is 4.10. The third kappa shape index (κ3) is 3.34. The normalized spacial score (nSPS) is 16.8. The minimum Gasteiger partial charge on any atom is -0.374 e. The lowest BCUT2D eigenvalue weighted by Gasteiger charge is -2.11. The first-order valence-corrected chi connectivity index (χ1v) is 6.58. The molecule has 1 fully saturated rings. The molecule has 0 amide bonds. The van der Waals surface area contributed by atoms with Crippen molar-refractivity contribution in [3.63, 3.8) is 0 Å². The molecule has 0 heterocycles. The van der Waals surface area contributed by atoms with Crippen LogP contribution in [0.4, 0.5) is 0 Å². The van der Waals surface area contributed by atoms with Gasteiger partial charge in [-0.25, -0.2) is 0 Å². The van der Waals surface area contributed by atoms with Crippen LogP contribution in [-0.2, 0) is 17.8 Å². The van der Waals surface area contributed by atoms with Crippen molar-refractivity contribution in [1.82, 2.24) is 0 Å². The molecule has 88 valence electrons. The Morgan fingerprint density at radius 1 is 1.19 bits per heavy atom. The van der Waals surface area contributed by atoms with Gasteiger partial charge in [-0.05, 0) is 30.4 Å². The fraction of sp³-hybridized carbons (Fsp3) is 0.600. The van der Waals surface area contributed by atoms with Crippen molar-refractivity contribution in [2.75, 3.05) is 0 Å². The van der Waals surface area contributed by atoms with Crippen LogP contribution in [0.2, 0.25) is 0 Å². The van der Waals surface area contributed by atoms with Crippen molar-refractivity contribution in [3.8, 4) is 0 Å². The van der Waals surface area contributed by atoms with Crippen LogP contribution < -0.4 is 0 Å². The van der Waals surface area contributed by atoms with E-state index >= 15 is 0 Å². The summed E-state index contributed by atoms with van der Waals surface area (Å²) in [7, 11) is 0. The van der Waals surface area contributed by atoms with Gasteiger partial charge in [-0.15, -0.1) is 0 Å². The number of hydrogen-bond acceptors (Lipinski definition) is 1. The molecule has 1 aliphatic rings. The SMILES string of the molecule is CCCc1cccc(COC2CCCC2)c1. The largest absolute Gasteiger partial charge is 0.374 e. The van der Waals surface area contributed by atoms with Crippen molar-refractivity contribution < 1.29 is 4.74 Å². The summed E-state index contributed by atoms with van der Waals surface area (Å²) >= 11 is 0. The average molecular weight is 218 g/mol. The lowest BCUT2D eigenvalue weighted by atomic mass is 10.1. The van der Waals surface area contributed by atoms with E-state index < -0.39 is 0 Å². The molecule has 0 atom stereocenters. The third-order valence-electron chi connectivity index (χ3n) is 3.32. The van der Waals surface area contributed by atoms with Crippen LogP contribution in [0.25, 0.3) is 0 Å². The van der Waals surface area contributed by atoms with E-state index in [2.05, 4.69) is 31.2 Å². The zero-order valence-corrected chi connectivity index (χ0v) is 10.2. The number of hydrogen-bond donors (Lipinski definition) is 0. The van der Waals surface area contributed by atoms with Crippen molar-refractivity contribution in [1.29, 1.82) is 0 Å². The highest BCUT2D eigenvalue weighted by Gasteiger charge is 2.14. The minimum atomic E-state index is 0.523. The fourth-order valence-corrected chi connectivity index (χ4v) is 2.43. The highest BCUT2D eigenvalue weighted by Crippen LogP contribution is 2.22. The highest BCUT2D eigenvalue weighted by molar-refractivity contribution is 5.23. The van der Waals surface area contributed by atoms with Gasteiger partial charge < -0.3 is 4.74 Å². The molecule has 0 saturated heterocycles. The Bertz CT molecular complexity index is 313. The maximum Gasteiger partial charge on any atom is 0.0720 e. The van der Waals surface area contributed by atoms with Crippen molar-refractivity contribution in [2.45, 2.75) is 58.2 Å². The molecule has 0 unspecified atom stereocenters. The maximum absolute atomic E-state index is 5.92. The van der Waals surface area contributed by atoms with Crippen molar-refractivity contribution >= 4 is 0 Å². The Morgan fingerprint density at radius 2 is 1.94 bits per heavy atom. The van der Waals surface area contributed by atoms with Gasteiger partial charge in [0.25, 0.3) is 0 Å². The molecule has 1 aromatic rings. The zero-order chi connectivity index (χ0) is 11.2. The van der Waals surface area contributed by atoms with E-state index in [1.54, 1.807) is 0 Å². The molecule has 1 heteroatoms. The van der Waals surface area contributed by atoms with Gasteiger partial charge >= 0.3 is 0 Å². The summed E-state index contributed by atoms with van der Waals surface area (Å²) in [6, 6.07) is 8.83. The Morgan fingerprint density at radius 3 is 2.69 bits per heavy atom. The van der Waals surface area contributed by atoms with E-state index in [-0.39, 0.29) is 0 Å². The molecular weight excluding hydrogens is 196 g/mol. The lowest BCUT2D eigenvalue weighted by molar-refractivity contribution is 0.0456. The lowest BCUT2D eigenvalue weighted by Crippen LogP contribution is -2.07. The van der Waals surface area contributed by atoms with Gasteiger partial charge in [-0.1, -0.05) is 50.5 Å². The summed E-state index contributed by atoms with van der Waals surface area (Å²) < 4.78 is 5.92. The number of ether oxygens (including phenoxy) is 1. The molecule has 0 N–H and O–H groups in total. The number of benzene rings is 1. The summed E-state index contributed by atoms with van der Waals surface area (Å²) in [5.41, 5.74) is 2.77. The highest BCUT2D eigenvalue weighted by atomic mass is 16.5. The Hall–Kier alpha value is -0.820. The first-order chi connectivity index (χ1) is 7.88.